The van der Waals surface area contributed by atoms with Crippen molar-refractivity contribution in [2.75, 3.05) is 10.6 Å². The molecule has 0 bridgehead atoms. The Kier molecular flexibility index (Phi) is 4.99. The molecule has 4 rings (SSSR count). The van der Waals surface area contributed by atoms with Gasteiger partial charge in [-0.2, -0.15) is 0 Å². The van der Waals surface area contributed by atoms with E-state index in [1.165, 1.54) is 17.7 Å². The van der Waals surface area contributed by atoms with Crippen LogP contribution in [0, 0.1) is 24.0 Å². The van der Waals surface area contributed by atoms with Crippen molar-refractivity contribution < 1.29 is 4.92 Å². The number of nitrogens with one attached hydrogen (secondary N) is 2. The molecule has 0 atom stereocenters. The van der Waals surface area contributed by atoms with Crippen molar-refractivity contribution in [1.29, 1.82) is 0 Å². The summed E-state index contributed by atoms with van der Waals surface area (Å²) in [5, 5.41) is 18.8. The predicted octanol–water partition coefficient (Wildman–Crippen LogP) is 5.75. The Morgan fingerprint density at radius 3 is 2.55 bits per heavy atom. The van der Waals surface area contributed by atoms with Crippen LogP contribution in [0.2, 0.25) is 5.02 Å². The summed E-state index contributed by atoms with van der Waals surface area (Å²) in [6.45, 7) is 3.84. The number of nitrogens with zero attached hydrogens (tertiary/aromatic N) is 4. The topological polar surface area (TPSA) is 106 Å². The molecule has 0 unspecified atom stereocenters. The minimum Gasteiger partial charge on any atom is -0.334 e. The first-order chi connectivity index (χ1) is 13.9. The van der Waals surface area contributed by atoms with Crippen LogP contribution in [0.4, 0.5) is 28.1 Å². The quantitative estimate of drug-likeness (QED) is 0.309. The van der Waals surface area contributed by atoms with Gasteiger partial charge in [-0.05, 0) is 43.2 Å². The molecule has 29 heavy (non-hydrogen) atoms. The van der Waals surface area contributed by atoms with Crippen molar-refractivity contribution in [2.45, 2.75) is 13.8 Å². The van der Waals surface area contributed by atoms with Gasteiger partial charge in [-0.3, -0.25) is 10.1 Å². The van der Waals surface area contributed by atoms with Gasteiger partial charge in [-0.15, -0.1) is 0 Å². The smallest absolute Gasteiger partial charge is 0.334 e. The van der Waals surface area contributed by atoms with Crippen LogP contribution in [0.3, 0.4) is 0 Å². The molecule has 2 aromatic heterocycles. The standard InChI is InChI=1S/C19H15ClN6O2S/c1-10-6-7-12(20)8-13(10)23-17-16(26(27)28)18(22-9-21-17)25-19-24-15-11(2)4-3-5-14(15)29-19/h3-9H,1-2H3,(H2,21,22,23,24,25). The lowest BCUT2D eigenvalue weighted by molar-refractivity contribution is -0.383. The summed E-state index contributed by atoms with van der Waals surface area (Å²) in [7, 11) is 0. The maximum absolute atomic E-state index is 11.8. The minimum atomic E-state index is -0.525. The van der Waals surface area contributed by atoms with E-state index in [4.69, 9.17) is 11.6 Å². The van der Waals surface area contributed by atoms with Gasteiger partial charge in [0.2, 0.25) is 11.6 Å². The number of thiazole rings is 1. The normalized spacial score (nSPS) is 10.9. The second kappa shape index (κ2) is 7.61. The molecule has 0 aliphatic rings. The summed E-state index contributed by atoms with van der Waals surface area (Å²) in [5.41, 5.74) is 3.11. The average molecular weight is 427 g/mol. The maximum Gasteiger partial charge on any atom is 0.353 e. The lowest BCUT2D eigenvalue weighted by atomic mass is 10.2. The fourth-order valence-electron chi connectivity index (χ4n) is 2.83. The number of hydrogen-bond donors (Lipinski definition) is 2. The number of nitro groups is 1. The van der Waals surface area contributed by atoms with E-state index in [-0.39, 0.29) is 17.3 Å². The number of halogens is 1. The van der Waals surface area contributed by atoms with Crippen molar-refractivity contribution in [3.8, 4) is 0 Å². The van der Waals surface area contributed by atoms with Crippen LogP contribution in [-0.4, -0.2) is 19.9 Å². The van der Waals surface area contributed by atoms with Crippen LogP contribution in [0.25, 0.3) is 10.2 Å². The number of rotatable bonds is 5. The average Bonchev–Trinajstić information content (AvgIpc) is 3.08. The van der Waals surface area contributed by atoms with Crippen LogP contribution in [-0.2, 0) is 0 Å². The Morgan fingerprint density at radius 2 is 1.83 bits per heavy atom. The number of benzene rings is 2. The van der Waals surface area contributed by atoms with Gasteiger partial charge in [0.15, 0.2) is 5.13 Å². The van der Waals surface area contributed by atoms with Crippen LogP contribution in [0.1, 0.15) is 11.1 Å². The van der Waals surface area contributed by atoms with E-state index in [1.54, 1.807) is 12.1 Å². The van der Waals surface area contributed by atoms with Crippen LogP contribution < -0.4 is 10.6 Å². The van der Waals surface area contributed by atoms with Gasteiger partial charge in [0.25, 0.3) is 0 Å². The van der Waals surface area contributed by atoms with Crippen molar-refractivity contribution in [3.63, 3.8) is 0 Å². The van der Waals surface area contributed by atoms with Gasteiger partial charge in [-0.25, -0.2) is 15.0 Å². The van der Waals surface area contributed by atoms with E-state index in [9.17, 15) is 10.1 Å². The molecule has 2 heterocycles. The number of para-hydroxylation sites is 1. The Labute approximate surface area is 174 Å². The van der Waals surface area contributed by atoms with Gasteiger partial charge in [0.1, 0.15) is 6.33 Å². The Bertz CT molecular complexity index is 1240. The Balaban J connectivity index is 1.73. The summed E-state index contributed by atoms with van der Waals surface area (Å²) in [6, 6.07) is 11.1. The molecule has 4 aromatic rings. The van der Waals surface area contributed by atoms with E-state index in [2.05, 4.69) is 25.6 Å². The predicted molar refractivity (Wildman–Crippen MR) is 116 cm³/mol. The number of aryl methyl sites for hydroxylation is 2. The molecule has 0 spiro atoms. The fourth-order valence-corrected chi connectivity index (χ4v) is 3.95. The Morgan fingerprint density at radius 1 is 1.07 bits per heavy atom. The molecule has 0 fully saturated rings. The zero-order chi connectivity index (χ0) is 20.5. The first-order valence-corrected chi connectivity index (χ1v) is 9.77. The highest BCUT2D eigenvalue weighted by molar-refractivity contribution is 7.22. The summed E-state index contributed by atoms with van der Waals surface area (Å²) in [6.07, 6.45) is 1.26. The molecule has 2 aromatic carbocycles. The number of aromatic nitrogens is 3. The van der Waals surface area contributed by atoms with Gasteiger partial charge < -0.3 is 10.6 Å². The van der Waals surface area contributed by atoms with Crippen molar-refractivity contribution >= 4 is 61.3 Å². The first-order valence-electron chi connectivity index (χ1n) is 8.58. The number of anilines is 4. The van der Waals surface area contributed by atoms with Gasteiger partial charge in [-0.1, -0.05) is 41.1 Å². The molecular formula is C19H15ClN6O2S. The highest BCUT2D eigenvalue weighted by atomic mass is 35.5. The molecule has 0 saturated carbocycles. The summed E-state index contributed by atoms with van der Waals surface area (Å²) in [5.74, 6) is 0.124. The largest absolute Gasteiger partial charge is 0.353 e. The molecule has 0 aliphatic heterocycles. The Hall–Kier alpha value is -3.30. The van der Waals surface area contributed by atoms with Gasteiger partial charge >= 0.3 is 5.69 Å². The zero-order valence-corrected chi connectivity index (χ0v) is 17.0. The summed E-state index contributed by atoms with van der Waals surface area (Å²) < 4.78 is 0.983. The monoisotopic (exact) mass is 426 g/mol. The van der Waals surface area contributed by atoms with E-state index >= 15 is 0 Å². The van der Waals surface area contributed by atoms with Gasteiger partial charge in [0, 0.05) is 10.7 Å². The molecule has 2 N–H and O–H groups in total. The SMILES string of the molecule is Cc1ccc(Cl)cc1Nc1ncnc(Nc2nc3c(C)cccc3s2)c1[N+](=O)[O-]. The molecule has 0 amide bonds. The van der Waals surface area contributed by atoms with Crippen molar-refractivity contribution in [1.82, 2.24) is 15.0 Å². The zero-order valence-electron chi connectivity index (χ0n) is 15.4. The molecule has 0 radical (unpaired) electrons. The van der Waals surface area contributed by atoms with E-state index < -0.39 is 4.92 Å². The van der Waals surface area contributed by atoms with Crippen molar-refractivity contribution in [2.24, 2.45) is 0 Å². The van der Waals surface area contributed by atoms with Crippen LogP contribution in [0.15, 0.2) is 42.7 Å². The van der Waals surface area contributed by atoms with Crippen LogP contribution >= 0.6 is 22.9 Å². The number of fused-ring (bicyclic) bond motifs is 1. The molecule has 8 nitrogen and oxygen atoms in total. The molecule has 10 heteroatoms. The third-order valence-electron chi connectivity index (χ3n) is 4.30. The maximum atomic E-state index is 11.8. The highest BCUT2D eigenvalue weighted by Crippen LogP contribution is 2.36. The first kappa shape index (κ1) is 19.0. The summed E-state index contributed by atoms with van der Waals surface area (Å²) >= 11 is 7.45. The third kappa shape index (κ3) is 3.82. The van der Waals surface area contributed by atoms with E-state index in [0.717, 1.165) is 21.3 Å². The second-order valence-electron chi connectivity index (χ2n) is 6.33. The molecular weight excluding hydrogens is 412 g/mol. The lowest BCUT2D eigenvalue weighted by Crippen LogP contribution is -2.06. The lowest BCUT2D eigenvalue weighted by Gasteiger charge is -2.11. The molecule has 0 saturated heterocycles. The van der Waals surface area contributed by atoms with E-state index in [1.807, 2.05) is 38.1 Å². The van der Waals surface area contributed by atoms with Gasteiger partial charge in [0.05, 0.1) is 15.1 Å². The second-order valence-corrected chi connectivity index (χ2v) is 7.79. The van der Waals surface area contributed by atoms with Crippen LogP contribution in [0.5, 0.6) is 0 Å². The third-order valence-corrected chi connectivity index (χ3v) is 5.47. The van der Waals surface area contributed by atoms with Crippen molar-refractivity contribution in [3.05, 3.63) is 69.0 Å². The summed E-state index contributed by atoms with van der Waals surface area (Å²) in [4.78, 5) is 23.9. The molecule has 146 valence electrons. The van der Waals surface area contributed by atoms with E-state index in [0.29, 0.717) is 15.8 Å². The number of hydrogen-bond acceptors (Lipinski definition) is 8. The fraction of sp³-hybridized carbons (Fsp3) is 0.105. The highest BCUT2D eigenvalue weighted by Gasteiger charge is 2.24. The minimum absolute atomic E-state index is 0.0592. The molecule has 0 aliphatic carbocycles.